The van der Waals surface area contributed by atoms with Crippen molar-refractivity contribution in [2.75, 3.05) is 7.11 Å². The fourth-order valence-corrected chi connectivity index (χ4v) is 0.969. The Morgan fingerprint density at radius 1 is 1.62 bits per heavy atom. The first kappa shape index (κ1) is 6.05. The summed E-state index contributed by atoms with van der Waals surface area (Å²) in [5.41, 5.74) is 5.69. The second-order valence-corrected chi connectivity index (χ2v) is 2.56. The van der Waals surface area contributed by atoms with E-state index in [1.54, 1.807) is 7.11 Å². The fourth-order valence-electron chi connectivity index (χ4n) is 0.969. The molecule has 1 rings (SSSR count). The number of hydrogen-bond donors (Lipinski definition) is 1. The van der Waals surface area contributed by atoms with Gasteiger partial charge in [0.15, 0.2) is 0 Å². The third-order valence-corrected chi connectivity index (χ3v) is 1.98. The summed E-state index contributed by atoms with van der Waals surface area (Å²) in [7, 11) is 1.73. The van der Waals surface area contributed by atoms with Crippen LogP contribution in [0.2, 0.25) is 0 Å². The molecule has 0 aliphatic heterocycles. The lowest BCUT2D eigenvalue weighted by Gasteiger charge is -2.16. The predicted molar refractivity (Wildman–Crippen MR) is 32.6 cm³/mol. The summed E-state index contributed by atoms with van der Waals surface area (Å²) in [5, 5.41) is 0. The quantitative estimate of drug-likeness (QED) is 0.569. The van der Waals surface area contributed by atoms with E-state index in [0.29, 0.717) is 0 Å². The molecule has 2 nitrogen and oxygen atoms in total. The zero-order valence-corrected chi connectivity index (χ0v) is 5.48. The van der Waals surface area contributed by atoms with E-state index in [1.807, 2.05) is 6.92 Å². The van der Waals surface area contributed by atoms with Crippen molar-refractivity contribution in [3.05, 3.63) is 0 Å². The highest BCUT2D eigenvalue weighted by molar-refractivity contribution is 5.01. The van der Waals surface area contributed by atoms with Crippen LogP contribution in [0.25, 0.3) is 0 Å². The lowest BCUT2D eigenvalue weighted by Crippen LogP contribution is -2.34. The van der Waals surface area contributed by atoms with Crippen LogP contribution in [0.3, 0.4) is 0 Å². The topological polar surface area (TPSA) is 35.2 Å². The molecular formula is C6H13NO. The van der Waals surface area contributed by atoms with E-state index in [9.17, 15) is 0 Å². The van der Waals surface area contributed by atoms with E-state index in [1.165, 1.54) is 0 Å². The molecule has 1 unspecified atom stereocenters. The van der Waals surface area contributed by atoms with E-state index in [0.717, 1.165) is 12.8 Å². The van der Waals surface area contributed by atoms with Gasteiger partial charge >= 0.3 is 0 Å². The Balaban J connectivity index is 2.41. The van der Waals surface area contributed by atoms with Crippen molar-refractivity contribution < 1.29 is 4.74 Å². The second-order valence-electron chi connectivity index (χ2n) is 2.56. The SMILES string of the molecule is COC1(C(C)N)CC1. The van der Waals surface area contributed by atoms with Crippen molar-refractivity contribution in [3.8, 4) is 0 Å². The molecule has 2 heteroatoms. The van der Waals surface area contributed by atoms with Gasteiger partial charge in [0.05, 0.1) is 5.60 Å². The molecule has 2 N–H and O–H groups in total. The highest BCUT2D eigenvalue weighted by Gasteiger charge is 2.46. The first-order chi connectivity index (χ1) is 3.71. The maximum absolute atomic E-state index is 5.62. The molecule has 1 fully saturated rings. The molecule has 0 aromatic carbocycles. The zero-order chi connectivity index (χ0) is 6.20. The monoisotopic (exact) mass is 115 g/mol. The Hall–Kier alpha value is -0.0800. The van der Waals surface area contributed by atoms with Gasteiger partial charge in [0.1, 0.15) is 0 Å². The third kappa shape index (κ3) is 0.740. The van der Waals surface area contributed by atoms with E-state index in [2.05, 4.69) is 0 Å². The summed E-state index contributed by atoms with van der Waals surface area (Å²) in [6.45, 7) is 2.00. The van der Waals surface area contributed by atoms with Crippen molar-refractivity contribution in [3.63, 3.8) is 0 Å². The highest BCUT2D eigenvalue weighted by Crippen LogP contribution is 2.40. The van der Waals surface area contributed by atoms with Crippen LogP contribution in [0.1, 0.15) is 19.8 Å². The van der Waals surface area contributed by atoms with E-state index < -0.39 is 0 Å². The molecule has 0 saturated heterocycles. The number of nitrogens with two attached hydrogens (primary N) is 1. The van der Waals surface area contributed by atoms with Gasteiger partial charge in [-0.25, -0.2) is 0 Å². The maximum Gasteiger partial charge on any atom is 0.0828 e. The summed E-state index contributed by atoms with van der Waals surface area (Å²) in [5.74, 6) is 0. The van der Waals surface area contributed by atoms with Crippen LogP contribution in [0, 0.1) is 0 Å². The van der Waals surface area contributed by atoms with E-state index >= 15 is 0 Å². The molecule has 1 aliphatic carbocycles. The molecule has 0 radical (unpaired) electrons. The van der Waals surface area contributed by atoms with Crippen LogP contribution in [0.4, 0.5) is 0 Å². The van der Waals surface area contributed by atoms with Crippen molar-refractivity contribution >= 4 is 0 Å². The smallest absolute Gasteiger partial charge is 0.0828 e. The first-order valence-corrected chi connectivity index (χ1v) is 3.02. The predicted octanol–water partition coefficient (Wildman–Crippen LogP) is 0.513. The minimum Gasteiger partial charge on any atom is -0.377 e. The van der Waals surface area contributed by atoms with E-state index in [4.69, 9.17) is 10.5 Å². The molecule has 0 heterocycles. The summed E-state index contributed by atoms with van der Waals surface area (Å²) >= 11 is 0. The summed E-state index contributed by atoms with van der Waals surface area (Å²) in [6.07, 6.45) is 2.28. The van der Waals surface area contributed by atoms with Gasteiger partial charge in [0, 0.05) is 13.2 Å². The lowest BCUT2D eigenvalue weighted by molar-refractivity contribution is 0.0625. The summed E-state index contributed by atoms with van der Waals surface area (Å²) < 4.78 is 5.19. The molecule has 0 aromatic rings. The third-order valence-electron chi connectivity index (χ3n) is 1.98. The molecule has 8 heavy (non-hydrogen) atoms. The minimum absolute atomic E-state index is 0.0694. The lowest BCUT2D eigenvalue weighted by atomic mass is 10.2. The molecule has 0 aromatic heterocycles. The van der Waals surface area contributed by atoms with Crippen LogP contribution in [0.5, 0.6) is 0 Å². The van der Waals surface area contributed by atoms with E-state index in [-0.39, 0.29) is 11.6 Å². The van der Waals surface area contributed by atoms with Gasteiger partial charge in [-0.1, -0.05) is 0 Å². The van der Waals surface area contributed by atoms with Crippen LogP contribution >= 0.6 is 0 Å². The first-order valence-electron chi connectivity index (χ1n) is 3.02. The van der Waals surface area contributed by atoms with Crippen molar-refractivity contribution in [2.24, 2.45) is 5.73 Å². The largest absolute Gasteiger partial charge is 0.377 e. The number of methoxy groups -OCH3 is 1. The Morgan fingerprint density at radius 2 is 2.12 bits per heavy atom. The zero-order valence-electron chi connectivity index (χ0n) is 5.48. The molecular weight excluding hydrogens is 102 g/mol. The van der Waals surface area contributed by atoms with Gasteiger partial charge in [-0.2, -0.15) is 0 Å². The number of rotatable bonds is 2. The van der Waals surface area contributed by atoms with Crippen LogP contribution < -0.4 is 5.73 Å². The maximum atomic E-state index is 5.62. The molecule has 1 atom stereocenters. The van der Waals surface area contributed by atoms with Gasteiger partial charge < -0.3 is 10.5 Å². The number of hydrogen-bond acceptors (Lipinski definition) is 2. The Bertz CT molecular complexity index is 86.5. The fraction of sp³-hybridized carbons (Fsp3) is 1.00. The van der Waals surface area contributed by atoms with Gasteiger partial charge in [0.2, 0.25) is 0 Å². The highest BCUT2D eigenvalue weighted by atomic mass is 16.5. The standard InChI is InChI=1S/C6H13NO/c1-5(7)6(8-2)3-4-6/h5H,3-4,7H2,1-2H3. The van der Waals surface area contributed by atoms with Crippen LogP contribution in [0.15, 0.2) is 0 Å². The molecule has 1 saturated carbocycles. The average molecular weight is 115 g/mol. The van der Waals surface area contributed by atoms with Gasteiger partial charge in [-0.15, -0.1) is 0 Å². The van der Waals surface area contributed by atoms with Crippen molar-refractivity contribution in [2.45, 2.75) is 31.4 Å². The minimum atomic E-state index is 0.0694. The van der Waals surface area contributed by atoms with Gasteiger partial charge in [-0.05, 0) is 19.8 Å². The number of ether oxygens (including phenoxy) is 1. The van der Waals surface area contributed by atoms with Gasteiger partial charge in [-0.3, -0.25) is 0 Å². The van der Waals surface area contributed by atoms with Crippen LogP contribution in [-0.2, 0) is 4.74 Å². The molecule has 1 aliphatic rings. The Morgan fingerprint density at radius 3 is 2.12 bits per heavy atom. The van der Waals surface area contributed by atoms with Crippen LogP contribution in [-0.4, -0.2) is 18.8 Å². The van der Waals surface area contributed by atoms with Crippen molar-refractivity contribution in [1.82, 2.24) is 0 Å². The summed E-state index contributed by atoms with van der Waals surface area (Å²) in [6, 6.07) is 0.201. The molecule has 0 amide bonds. The Labute approximate surface area is 50.0 Å². The average Bonchev–Trinajstić information content (AvgIpc) is 2.44. The van der Waals surface area contributed by atoms with Crippen molar-refractivity contribution in [1.29, 1.82) is 0 Å². The van der Waals surface area contributed by atoms with Gasteiger partial charge in [0.25, 0.3) is 0 Å². The molecule has 0 spiro atoms. The Kier molecular flexibility index (Phi) is 1.29. The molecule has 48 valence electrons. The molecule has 0 bridgehead atoms. The normalized spacial score (nSPS) is 27.4. The second kappa shape index (κ2) is 1.71. The summed E-state index contributed by atoms with van der Waals surface area (Å²) in [4.78, 5) is 0.